The van der Waals surface area contributed by atoms with Crippen molar-refractivity contribution in [3.63, 3.8) is 0 Å². The van der Waals surface area contributed by atoms with E-state index in [4.69, 9.17) is 16.4 Å². The second-order valence-electron chi connectivity index (χ2n) is 6.21. The largest absolute Gasteiger partial charge is 0.382 e. The number of hydrogen-bond acceptors (Lipinski definition) is 4. The van der Waals surface area contributed by atoms with Gasteiger partial charge in [0, 0.05) is 24.9 Å². The number of benzene rings is 2. The van der Waals surface area contributed by atoms with Gasteiger partial charge in [-0.1, -0.05) is 59.2 Å². The van der Waals surface area contributed by atoms with Crippen LogP contribution in [0, 0.1) is 0 Å². The number of carbonyl (C=O) groups is 2. The molecule has 2 aromatic rings. The van der Waals surface area contributed by atoms with Gasteiger partial charge < -0.3 is 15.5 Å². The van der Waals surface area contributed by atoms with E-state index in [0.717, 1.165) is 11.1 Å². The summed E-state index contributed by atoms with van der Waals surface area (Å²) in [5.41, 5.74) is 2.48. The number of hydrogen-bond donors (Lipinski definition) is 2. The molecule has 0 aliphatic carbocycles. The Balaban J connectivity index is 1.62. The minimum absolute atomic E-state index is 0.260. The summed E-state index contributed by atoms with van der Waals surface area (Å²) in [5.74, 6) is -0.628. The van der Waals surface area contributed by atoms with Crippen molar-refractivity contribution >= 4 is 29.1 Å². The smallest absolute Gasteiger partial charge is 0.265 e. The Morgan fingerprint density at radius 1 is 1.19 bits per heavy atom. The van der Waals surface area contributed by atoms with Gasteiger partial charge in [0.1, 0.15) is 6.04 Å². The average molecular weight is 386 g/mol. The first-order valence-electron chi connectivity index (χ1n) is 8.61. The van der Waals surface area contributed by atoms with Crippen molar-refractivity contribution in [2.75, 3.05) is 7.05 Å². The van der Waals surface area contributed by atoms with Crippen molar-refractivity contribution < 1.29 is 14.4 Å². The van der Waals surface area contributed by atoms with Crippen molar-refractivity contribution in [3.05, 3.63) is 70.7 Å². The Morgan fingerprint density at radius 2 is 1.89 bits per heavy atom. The molecule has 2 unspecified atom stereocenters. The summed E-state index contributed by atoms with van der Waals surface area (Å²) in [6, 6.07) is 16.0. The molecule has 2 N–H and O–H groups in total. The molecule has 27 heavy (non-hydrogen) atoms. The number of nitrogens with zero attached hydrogens (tertiary/aromatic N) is 1. The Morgan fingerprint density at radius 3 is 2.56 bits per heavy atom. The summed E-state index contributed by atoms with van der Waals surface area (Å²) < 4.78 is 0. The maximum absolute atomic E-state index is 12.6. The molecule has 0 radical (unpaired) electrons. The van der Waals surface area contributed by atoms with Crippen molar-refractivity contribution in [1.82, 2.24) is 10.6 Å². The van der Waals surface area contributed by atoms with Crippen LogP contribution in [0.25, 0.3) is 0 Å². The van der Waals surface area contributed by atoms with Gasteiger partial charge in [0.2, 0.25) is 12.0 Å². The van der Waals surface area contributed by atoms with Crippen molar-refractivity contribution in [3.8, 4) is 0 Å². The van der Waals surface area contributed by atoms with E-state index in [1.165, 1.54) is 0 Å². The van der Waals surface area contributed by atoms with Gasteiger partial charge in [0.15, 0.2) is 0 Å². The third-order valence-corrected chi connectivity index (χ3v) is 4.55. The number of oxime groups is 1. The van der Waals surface area contributed by atoms with Crippen LogP contribution in [0.1, 0.15) is 17.5 Å². The maximum atomic E-state index is 12.6. The molecule has 6 nitrogen and oxygen atoms in total. The number of amides is 2. The number of likely N-dealkylation sites (N-methyl/N-ethyl adjacent to an activating group) is 1. The highest BCUT2D eigenvalue weighted by atomic mass is 35.5. The zero-order chi connectivity index (χ0) is 19.2. The Bertz CT molecular complexity index is 837. The van der Waals surface area contributed by atoms with E-state index in [1.807, 2.05) is 42.5 Å². The lowest BCUT2D eigenvalue weighted by atomic mass is 10.0. The van der Waals surface area contributed by atoms with Crippen LogP contribution < -0.4 is 10.6 Å². The van der Waals surface area contributed by atoms with Crippen molar-refractivity contribution in [2.45, 2.75) is 25.0 Å². The number of carbonyl (C=O) groups excluding carboxylic acids is 2. The maximum Gasteiger partial charge on any atom is 0.265 e. The molecule has 0 spiro atoms. The third-order valence-electron chi connectivity index (χ3n) is 4.30. The first-order chi connectivity index (χ1) is 13.1. The minimum atomic E-state index is -0.765. The molecule has 7 heteroatoms. The SMILES string of the molecule is CNC(=O)C(Cc1ccccc1)NC(=O)C1CC(c2ccc(Cl)cc2)=NO1. The molecule has 2 atom stereocenters. The van der Waals surface area contributed by atoms with E-state index in [9.17, 15) is 9.59 Å². The van der Waals surface area contributed by atoms with Crippen molar-refractivity contribution in [2.24, 2.45) is 5.16 Å². The van der Waals surface area contributed by atoms with Gasteiger partial charge in [0.05, 0.1) is 5.71 Å². The van der Waals surface area contributed by atoms with Gasteiger partial charge >= 0.3 is 0 Å². The van der Waals surface area contributed by atoms with Crippen LogP contribution >= 0.6 is 11.6 Å². The monoisotopic (exact) mass is 385 g/mol. The fourth-order valence-corrected chi connectivity index (χ4v) is 2.95. The lowest BCUT2D eigenvalue weighted by Crippen LogP contribution is -2.50. The molecule has 2 aromatic carbocycles. The number of halogens is 1. The van der Waals surface area contributed by atoms with Crippen LogP contribution in [0.5, 0.6) is 0 Å². The first kappa shape index (κ1) is 18.9. The zero-order valence-electron chi connectivity index (χ0n) is 14.8. The van der Waals surface area contributed by atoms with Crippen LogP contribution in [0.15, 0.2) is 59.8 Å². The lowest BCUT2D eigenvalue weighted by Gasteiger charge is -2.19. The topological polar surface area (TPSA) is 79.8 Å². The highest BCUT2D eigenvalue weighted by Crippen LogP contribution is 2.19. The van der Waals surface area contributed by atoms with E-state index in [-0.39, 0.29) is 11.8 Å². The Kier molecular flexibility index (Phi) is 6.08. The van der Waals surface area contributed by atoms with E-state index < -0.39 is 12.1 Å². The summed E-state index contributed by atoms with van der Waals surface area (Å²) in [5, 5.41) is 9.99. The van der Waals surface area contributed by atoms with Gasteiger partial charge in [-0.05, 0) is 23.3 Å². The van der Waals surface area contributed by atoms with Gasteiger partial charge in [-0.2, -0.15) is 0 Å². The molecule has 1 aliphatic rings. The van der Waals surface area contributed by atoms with E-state index in [2.05, 4.69) is 15.8 Å². The molecule has 140 valence electrons. The molecule has 3 rings (SSSR count). The van der Waals surface area contributed by atoms with Crippen LogP contribution in [-0.2, 0) is 20.8 Å². The molecule has 0 bridgehead atoms. The summed E-state index contributed by atoms with van der Waals surface area (Å²) in [6.07, 6.45) is -0.0398. The van der Waals surface area contributed by atoms with Crippen LogP contribution in [0.4, 0.5) is 0 Å². The van der Waals surface area contributed by atoms with E-state index >= 15 is 0 Å². The van der Waals surface area contributed by atoms with Gasteiger partial charge in [-0.3, -0.25) is 9.59 Å². The lowest BCUT2D eigenvalue weighted by molar-refractivity contribution is -0.135. The minimum Gasteiger partial charge on any atom is -0.382 e. The predicted molar refractivity (Wildman–Crippen MR) is 104 cm³/mol. The molecule has 0 saturated heterocycles. The van der Waals surface area contributed by atoms with Crippen molar-refractivity contribution in [1.29, 1.82) is 0 Å². The molecular weight excluding hydrogens is 366 g/mol. The summed E-state index contributed by atoms with van der Waals surface area (Å²) >= 11 is 5.89. The Hall–Kier alpha value is -2.86. The molecule has 0 fully saturated rings. The van der Waals surface area contributed by atoms with E-state index in [0.29, 0.717) is 23.6 Å². The first-order valence-corrected chi connectivity index (χ1v) is 8.99. The van der Waals surface area contributed by atoms with Crippen LogP contribution in [0.3, 0.4) is 0 Å². The molecule has 0 saturated carbocycles. The Labute approximate surface area is 162 Å². The summed E-state index contributed by atoms with van der Waals surface area (Å²) in [6.45, 7) is 0. The number of nitrogens with one attached hydrogen (secondary N) is 2. The van der Waals surface area contributed by atoms with Gasteiger partial charge in [-0.25, -0.2) is 0 Å². The molecule has 1 heterocycles. The second kappa shape index (κ2) is 8.68. The van der Waals surface area contributed by atoms with Crippen LogP contribution in [-0.4, -0.2) is 36.7 Å². The zero-order valence-corrected chi connectivity index (χ0v) is 15.6. The highest BCUT2D eigenvalue weighted by molar-refractivity contribution is 6.30. The summed E-state index contributed by atoms with van der Waals surface area (Å²) in [7, 11) is 1.54. The second-order valence-corrected chi connectivity index (χ2v) is 6.64. The normalized spacial score (nSPS) is 16.8. The molecule has 2 amide bonds. The van der Waals surface area contributed by atoms with Crippen LogP contribution in [0.2, 0.25) is 5.02 Å². The fraction of sp³-hybridized carbons (Fsp3) is 0.250. The fourth-order valence-electron chi connectivity index (χ4n) is 2.83. The number of rotatable bonds is 6. The quantitative estimate of drug-likeness (QED) is 0.800. The molecule has 0 aromatic heterocycles. The third kappa shape index (κ3) is 4.86. The highest BCUT2D eigenvalue weighted by Gasteiger charge is 2.31. The molecular formula is C20H20ClN3O3. The standard InChI is InChI=1S/C20H20ClN3O3/c1-22-19(25)17(11-13-5-3-2-4-6-13)23-20(26)18-12-16(24-27-18)14-7-9-15(21)10-8-14/h2-10,17-18H,11-12H2,1H3,(H,22,25)(H,23,26). The van der Waals surface area contributed by atoms with Gasteiger partial charge in [-0.15, -0.1) is 0 Å². The van der Waals surface area contributed by atoms with E-state index in [1.54, 1.807) is 19.2 Å². The average Bonchev–Trinajstić information content (AvgIpc) is 3.18. The van der Waals surface area contributed by atoms with Gasteiger partial charge in [0.25, 0.3) is 5.91 Å². The predicted octanol–water partition coefficient (Wildman–Crippen LogP) is 2.31. The molecule has 1 aliphatic heterocycles. The summed E-state index contributed by atoms with van der Waals surface area (Å²) in [4.78, 5) is 30.1.